The second kappa shape index (κ2) is 7.36. The van der Waals surface area contributed by atoms with E-state index in [-0.39, 0.29) is 0 Å². The van der Waals surface area contributed by atoms with Crippen molar-refractivity contribution in [2.75, 3.05) is 19.7 Å². The Labute approximate surface area is 158 Å². The Morgan fingerprint density at radius 2 is 1.96 bits per heavy atom. The van der Waals surface area contributed by atoms with Crippen LogP contribution in [-0.4, -0.2) is 45.3 Å². The first kappa shape index (κ1) is 17.5. The molecule has 27 heavy (non-hydrogen) atoms. The summed E-state index contributed by atoms with van der Waals surface area (Å²) in [5.74, 6) is 0. The van der Waals surface area contributed by atoms with E-state index in [1.165, 1.54) is 0 Å². The maximum Gasteiger partial charge on any atom is 0.409 e. The minimum absolute atomic E-state index is 0.308. The van der Waals surface area contributed by atoms with Crippen LogP contribution >= 0.6 is 0 Å². The van der Waals surface area contributed by atoms with Crippen LogP contribution in [0.25, 0.3) is 5.65 Å². The fourth-order valence-electron chi connectivity index (χ4n) is 3.83. The predicted octanol–water partition coefficient (Wildman–Crippen LogP) is 2.77. The van der Waals surface area contributed by atoms with Crippen molar-refractivity contribution < 1.29 is 9.53 Å². The Hall–Kier alpha value is -2.93. The van der Waals surface area contributed by atoms with E-state index in [1.54, 1.807) is 23.8 Å². The second-order valence-corrected chi connectivity index (χ2v) is 6.55. The number of hydrogen-bond acceptors (Lipinski definition) is 5. The molecule has 0 aliphatic carbocycles. The third-order valence-electron chi connectivity index (χ3n) is 4.98. The van der Waals surface area contributed by atoms with Gasteiger partial charge in [0.2, 0.25) is 0 Å². The van der Waals surface area contributed by atoms with Crippen LogP contribution in [-0.2, 0) is 10.4 Å². The number of hydrogen-bond donors (Lipinski definition) is 1. The van der Waals surface area contributed by atoms with Crippen molar-refractivity contribution in [3.05, 3.63) is 66.1 Å². The number of nitrogens with zero attached hydrogens (tertiary/aromatic N) is 4. The molecule has 3 heterocycles. The van der Waals surface area contributed by atoms with E-state index in [9.17, 15) is 4.79 Å². The summed E-state index contributed by atoms with van der Waals surface area (Å²) in [5.41, 5.74) is 1.57. The zero-order valence-corrected chi connectivity index (χ0v) is 15.3. The quantitative estimate of drug-likeness (QED) is 0.753. The van der Waals surface area contributed by atoms with Gasteiger partial charge in [-0.2, -0.15) is 5.10 Å². The van der Waals surface area contributed by atoms with Crippen LogP contribution in [0.1, 0.15) is 31.0 Å². The lowest BCUT2D eigenvalue weighted by Gasteiger charge is -2.41. The molecule has 1 aromatic carbocycles. The molecular formula is C20H23N5O2. The van der Waals surface area contributed by atoms with Gasteiger partial charge in [-0.15, -0.1) is 0 Å². The number of carbonyl (C=O) groups is 1. The number of aromatic nitrogens is 3. The van der Waals surface area contributed by atoms with Gasteiger partial charge in [0.15, 0.2) is 11.3 Å². The molecular weight excluding hydrogens is 342 g/mol. The molecule has 1 unspecified atom stereocenters. The first-order chi connectivity index (χ1) is 13.3. The number of benzene rings is 1. The minimum atomic E-state index is -0.905. The van der Waals surface area contributed by atoms with Crippen LogP contribution in [0.5, 0.6) is 0 Å². The van der Waals surface area contributed by atoms with Crippen molar-refractivity contribution in [2.24, 2.45) is 0 Å². The number of likely N-dealkylation sites (tertiary alicyclic amines) is 1. The van der Waals surface area contributed by atoms with Crippen LogP contribution < -0.4 is 5.32 Å². The van der Waals surface area contributed by atoms with E-state index in [1.807, 2.05) is 42.5 Å². The Morgan fingerprint density at radius 3 is 2.70 bits per heavy atom. The van der Waals surface area contributed by atoms with Crippen molar-refractivity contribution in [2.45, 2.75) is 25.4 Å². The summed E-state index contributed by atoms with van der Waals surface area (Å²) in [6.45, 7) is 3.83. The van der Waals surface area contributed by atoms with Crippen molar-refractivity contribution in [1.29, 1.82) is 0 Å². The monoisotopic (exact) mass is 365 g/mol. The van der Waals surface area contributed by atoms with Gasteiger partial charge < -0.3 is 4.74 Å². The lowest BCUT2D eigenvalue weighted by atomic mass is 9.94. The van der Waals surface area contributed by atoms with Crippen molar-refractivity contribution in [3.63, 3.8) is 0 Å². The minimum Gasteiger partial charge on any atom is -0.450 e. The average molecular weight is 365 g/mol. The van der Waals surface area contributed by atoms with Gasteiger partial charge in [-0.05, 0) is 37.5 Å². The zero-order chi connectivity index (χ0) is 18.7. The largest absolute Gasteiger partial charge is 0.450 e. The third-order valence-corrected chi connectivity index (χ3v) is 4.98. The predicted molar refractivity (Wildman–Crippen MR) is 101 cm³/mol. The van der Waals surface area contributed by atoms with Gasteiger partial charge in [-0.3, -0.25) is 10.2 Å². The van der Waals surface area contributed by atoms with Gasteiger partial charge in [0.25, 0.3) is 0 Å². The highest BCUT2D eigenvalue weighted by Crippen LogP contribution is 2.36. The molecule has 1 atom stereocenters. The molecule has 1 fully saturated rings. The molecule has 7 nitrogen and oxygen atoms in total. The molecule has 2 aromatic heterocycles. The molecule has 0 radical (unpaired) electrons. The van der Waals surface area contributed by atoms with E-state index in [0.29, 0.717) is 6.61 Å². The van der Waals surface area contributed by atoms with Gasteiger partial charge in [-0.25, -0.2) is 14.3 Å². The molecule has 0 spiro atoms. The summed E-state index contributed by atoms with van der Waals surface area (Å²) in [6, 6.07) is 13.7. The van der Waals surface area contributed by atoms with Crippen LogP contribution in [0, 0.1) is 0 Å². The maximum atomic E-state index is 12.6. The average Bonchev–Trinajstić information content (AvgIpc) is 3.38. The van der Waals surface area contributed by atoms with E-state index in [4.69, 9.17) is 4.74 Å². The second-order valence-electron chi connectivity index (χ2n) is 6.55. The zero-order valence-electron chi connectivity index (χ0n) is 15.3. The highest BCUT2D eigenvalue weighted by atomic mass is 16.5. The van der Waals surface area contributed by atoms with Crippen LogP contribution in [0.2, 0.25) is 0 Å². The molecule has 140 valence electrons. The van der Waals surface area contributed by atoms with E-state index < -0.39 is 11.8 Å². The van der Waals surface area contributed by atoms with Gasteiger partial charge in [0, 0.05) is 19.3 Å². The number of fused-ring (bicyclic) bond motifs is 1. The van der Waals surface area contributed by atoms with E-state index in [2.05, 4.69) is 20.3 Å². The standard InChI is InChI=1S/C20H23N5O2/c1-2-27-19(26)23-20(24-13-6-7-14-24,16-9-4-3-5-10-16)17-15-21-18-11-8-12-22-25(17)18/h3-5,8-12,15H,2,6-7,13-14H2,1H3,(H,23,26). The van der Waals surface area contributed by atoms with Crippen molar-refractivity contribution in [3.8, 4) is 0 Å². The van der Waals surface area contributed by atoms with Crippen molar-refractivity contribution >= 4 is 11.7 Å². The van der Waals surface area contributed by atoms with Gasteiger partial charge >= 0.3 is 6.09 Å². The molecule has 1 aliphatic rings. The highest BCUT2D eigenvalue weighted by molar-refractivity contribution is 5.70. The first-order valence-electron chi connectivity index (χ1n) is 9.30. The fraction of sp³-hybridized carbons (Fsp3) is 0.350. The summed E-state index contributed by atoms with van der Waals surface area (Å²) in [7, 11) is 0. The molecule has 3 aromatic rings. The maximum absolute atomic E-state index is 12.6. The number of alkyl carbamates (subject to hydrolysis) is 1. The van der Waals surface area contributed by atoms with Crippen molar-refractivity contribution in [1.82, 2.24) is 24.8 Å². The fourth-order valence-corrected chi connectivity index (χ4v) is 3.83. The number of nitrogens with one attached hydrogen (secondary N) is 1. The molecule has 4 rings (SSSR count). The molecule has 1 N–H and O–H groups in total. The third kappa shape index (κ3) is 3.04. The molecule has 0 bridgehead atoms. The van der Waals surface area contributed by atoms with Crippen LogP contribution in [0.4, 0.5) is 4.79 Å². The first-order valence-corrected chi connectivity index (χ1v) is 9.30. The SMILES string of the molecule is CCOC(=O)NC(c1ccccc1)(c1cnc2cccnn12)N1CCCC1. The topological polar surface area (TPSA) is 71.8 Å². The lowest BCUT2D eigenvalue weighted by molar-refractivity contribution is 0.0853. The molecule has 7 heteroatoms. The Balaban J connectivity index is 1.95. The summed E-state index contributed by atoms with van der Waals surface area (Å²) in [5, 5.41) is 7.64. The molecule has 0 saturated carbocycles. The molecule has 1 saturated heterocycles. The Kier molecular flexibility index (Phi) is 4.77. The van der Waals surface area contributed by atoms with E-state index in [0.717, 1.165) is 42.8 Å². The number of amides is 1. The summed E-state index contributed by atoms with van der Waals surface area (Å²) >= 11 is 0. The summed E-state index contributed by atoms with van der Waals surface area (Å²) in [4.78, 5) is 19.4. The summed E-state index contributed by atoms with van der Waals surface area (Å²) < 4.78 is 7.05. The van der Waals surface area contributed by atoms with Crippen LogP contribution in [0.3, 0.4) is 0 Å². The Morgan fingerprint density at radius 1 is 1.19 bits per heavy atom. The lowest BCUT2D eigenvalue weighted by Crippen LogP contribution is -2.58. The van der Waals surface area contributed by atoms with Crippen LogP contribution in [0.15, 0.2) is 54.9 Å². The van der Waals surface area contributed by atoms with Gasteiger partial charge in [-0.1, -0.05) is 30.3 Å². The Bertz CT molecular complexity index is 920. The highest BCUT2D eigenvalue weighted by Gasteiger charge is 2.46. The molecule has 1 amide bonds. The van der Waals surface area contributed by atoms with E-state index >= 15 is 0 Å². The molecule has 1 aliphatic heterocycles. The number of ether oxygens (including phenoxy) is 1. The van der Waals surface area contributed by atoms with Gasteiger partial charge in [0.1, 0.15) is 5.69 Å². The smallest absolute Gasteiger partial charge is 0.409 e. The number of carbonyl (C=O) groups excluding carboxylic acids is 1. The number of imidazole rings is 1. The number of rotatable bonds is 5. The van der Waals surface area contributed by atoms with Gasteiger partial charge in [0.05, 0.1) is 12.8 Å². The summed E-state index contributed by atoms with van der Waals surface area (Å²) in [6.07, 6.45) is 5.20. The normalized spacial score (nSPS) is 16.9.